The number of aliphatic hydroxyl groups is 1. The Bertz CT molecular complexity index is 70.5. The molecule has 0 bridgehead atoms. The van der Waals surface area contributed by atoms with E-state index in [4.69, 9.17) is 5.11 Å². The Hall–Kier alpha value is -0.370. The van der Waals surface area contributed by atoms with E-state index in [0.29, 0.717) is 5.57 Å². The largest absolute Gasteiger partial charge is 0.386 e. The van der Waals surface area contributed by atoms with Gasteiger partial charge in [-0.25, -0.2) is 4.39 Å². The molecule has 1 nitrogen and oxygen atoms in total. The first kappa shape index (κ1) is 6.63. The Morgan fingerprint density at radius 3 is 2.43 bits per heavy atom. The van der Waals surface area contributed by atoms with Crippen LogP contribution in [0.15, 0.2) is 12.2 Å². The number of aliphatic hydroxyl groups excluding tert-OH is 1. The molecule has 0 fully saturated rings. The molecule has 42 valence electrons. The molecule has 0 amide bonds. The van der Waals surface area contributed by atoms with E-state index in [1.54, 1.807) is 6.92 Å². The third-order valence-electron chi connectivity index (χ3n) is 0.715. The normalized spacial score (nSPS) is 13.6. The summed E-state index contributed by atoms with van der Waals surface area (Å²) in [7, 11) is 0. The summed E-state index contributed by atoms with van der Waals surface area (Å²) in [6, 6.07) is 0. The van der Waals surface area contributed by atoms with Crippen molar-refractivity contribution in [2.24, 2.45) is 0 Å². The molecule has 0 saturated carbocycles. The summed E-state index contributed by atoms with van der Waals surface area (Å²) in [6.45, 7) is 4.20. The zero-order valence-electron chi connectivity index (χ0n) is 4.32. The van der Waals surface area contributed by atoms with Crippen LogP contribution in [-0.2, 0) is 0 Å². The highest BCUT2D eigenvalue weighted by molar-refractivity contribution is 4.95. The van der Waals surface area contributed by atoms with E-state index in [9.17, 15) is 4.39 Å². The fourth-order valence-electron chi connectivity index (χ4n) is 0.132. The van der Waals surface area contributed by atoms with Crippen LogP contribution in [0.1, 0.15) is 6.92 Å². The highest BCUT2D eigenvalue weighted by Gasteiger charge is 1.99. The standard InChI is InChI=1S/C5H9FO/c1-4(2)5(7)3-6/h5,7H,1,3H2,2H3. The molecule has 2 heteroatoms. The molecule has 0 spiro atoms. The Labute approximate surface area is 42.5 Å². The fraction of sp³-hybridized carbons (Fsp3) is 0.600. The van der Waals surface area contributed by atoms with Gasteiger partial charge < -0.3 is 5.11 Å². The SMILES string of the molecule is C=C(C)C(O)CF. The van der Waals surface area contributed by atoms with Gasteiger partial charge in [0, 0.05) is 0 Å². The van der Waals surface area contributed by atoms with Crippen LogP contribution in [0.25, 0.3) is 0 Å². The van der Waals surface area contributed by atoms with Crippen LogP contribution < -0.4 is 0 Å². The summed E-state index contributed by atoms with van der Waals surface area (Å²) >= 11 is 0. The topological polar surface area (TPSA) is 20.2 Å². The summed E-state index contributed by atoms with van der Waals surface area (Å²) in [5, 5.41) is 8.46. The molecule has 1 N–H and O–H groups in total. The van der Waals surface area contributed by atoms with Gasteiger partial charge in [-0.15, -0.1) is 0 Å². The van der Waals surface area contributed by atoms with Crippen molar-refractivity contribution in [3.8, 4) is 0 Å². The second-order valence-corrected chi connectivity index (χ2v) is 1.52. The van der Waals surface area contributed by atoms with Gasteiger partial charge in [-0.3, -0.25) is 0 Å². The molecule has 0 saturated heterocycles. The van der Waals surface area contributed by atoms with E-state index < -0.39 is 12.8 Å². The van der Waals surface area contributed by atoms with Gasteiger partial charge in [0.15, 0.2) is 0 Å². The monoisotopic (exact) mass is 104 g/mol. The fourth-order valence-corrected chi connectivity index (χ4v) is 0.132. The maximum Gasteiger partial charge on any atom is 0.119 e. The van der Waals surface area contributed by atoms with Crippen molar-refractivity contribution >= 4 is 0 Å². The smallest absolute Gasteiger partial charge is 0.119 e. The molecule has 7 heavy (non-hydrogen) atoms. The van der Waals surface area contributed by atoms with Gasteiger partial charge in [0.1, 0.15) is 12.8 Å². The first-order valence-electron chi connectivity index (χ1n) is 2.08. The third kappa shape index (κ3) is 2.34. The molecular formula is C5H9FO. The van der Waals surface area contributed by atoms with Crippen LogP contribution in [0.5, 0.6) is 0 Å². The minimum Gasteiger partial charge on any atom is -0.386 e. The Morgan fingerprint density at radius 1 is 2.00 bits per heavy atom. The summed E-state index contributed by atoms with van der Waals surface area (Å²) in [6.07, 6.45) is -0.958. The minimum atomic E-state index is -0.958. The maximum atomic E-state index is 11.3. The number of hydrogen-bond acceptors (Lipinski definition) is 1. The minimum absolute atomic E-state index is 0.475. The van der Waals surface area contributed by atoms with Crippen molar-refractivity contribution in [2.45, 2.75) is 13.0 Å². The highest BCUT2D eigenvalue weighted by Crippen LogP contribution is 1.95. The Morgan fingerprint density at radius 2 is 2.43 bits per heavy atom. The molecule has 0 aromatic carbocycles. The van der Waals surface area contributed by atoms with Crippen molar-refractivity contribution in [3.05, 3.63) is 12.2 Å². The number of alkyl halides is 1. The van der Waals surface area contributed by atoms with Crippen molar-refractivity contribution in [1.29, 1.82) is 0 Å². The average molecular weight is 104 g/mol. The van der Waals surface area contributed by atoms with Crippen LogP contribution >= 0.6 is 0 Å². The van der Waals surface area contributed by atoms with E-state index >= 15 is 0 Å². The number of rotatable bonds is 2. The lowest BCUT2D eigenvalue weighted by atomic mass is 10.2. The van der Waals surface area contributed by atoms with Gasteiger partial charge in [0.25, 0.3) is 0 Å². The van der Waals surface area contributed by atoms with Crippen LogP contribution in [-0.4, -0.2) is 17.9 Å². The summed E-state index contributed by atoms with van der Waals surface area (Å²) in [5.74, 6) is 0. The lowest BCUT2D eigenvalue weighted by Gasteiger charge is -2.00. The van der Waals surface area contributed by atoms with E-state index in [1.165, 1.54) is 0 Å². The highest BCUT2D eigenvalue weighted by atomic mass is 19.1. The van der Waals surface area contributed by atoms with Crippen LogP contribution in [0.2, 0.25) is 0 Å². The number of halogens is 1. The zero-order chi connectivity index (χ0) is 5.86. The Kier molecular flexibility index (Phi) is 2.60. The quantitative estimate of drug-likeness (QED) is 0.516. The predicted octanol–water partition coefficient (Wildman–Crippen LogP) is 0.893. The lowest BCUT2D eigenvalue weighted by Crippen LogP contribution is -2.08. The molecule has 0 aromatic rings. The van der Waals surface area contributed by atoms with Crippen molar-refractivity contribution in [1.82, 2.24) is 0 Å². The molecule has 1 atom stereocenters. The van der Waals surface area contributed by atoms with Gasteiger partial charge in [0.05, 0.1) is 0 Å². The first-order chi connectivity index (χ1) is 3.18. The van der Waals surface area contributed by atoms with Gasteiger partial charge in [-0.05, 0) is 12.5 Å². The van der Waals surface area contributed by atoms with Crippen molar-refractivity contribution in [3.63, 3.8) is 0 Å². The molecule has 0 radical (unpaired) electrons. The second kappa shape index (κ2) is 2.75. The molecule has 1 unspecified atom stereocenters. The zero-order valence-corrected chi connectivity index (χ0v) is 4.32. The second-order valence-electron chi connectivity index (χ2n) is 1.52. The van der Waals surface area contributed by atoms with Crippen LogP contribution in [0.4, 0.5) is 4.39 Å². The van der Waals surface area contributed by atoms with Gasteiger partial charge in [-0.2, -0.15) is 0 Å². The van der Waals surface area contributed by atoms with Gasteiger partial charge in [0.2, 0.25) is 0 Å². The lowest BCUT2D eigenvalue weighted by molar-refractivity contribution is 0.173. The molecule has 0 rings (SSSR count). The van der Waals surface area contributed by atoms with E-state index in [2.05, 4.69) is 6.58 Å². The third-order valence-corrected chi connectivity index (χ3v) is 0.715. The summed E-state index contributed by atoms with van der Waals surface area (Å²) < 4.78 is 11.3. The van der Waals surface area contributed by atoms with E-state index in [-0.39, 0.29) is 0 Å². The van der Waals surface area contributed by atoms with Gasteiger partial charge in [-0.1, -0.05) is 6.58 Å². The Balaban J connectivity index is 3.34. The predicted molar refractivity (Wildman–Crippen MR) is 26.8 cm³/mol. The summed E-state index contributed by atoms with van der Waals surface area (Å²) in [5.41, 5.74) is 0.475. The molecule has 0 aliphatic rings. The first-order valence-corrected chi connectivity index (χ1v) is 2.08. The molecule has 0 aromatic heterocycles. The van der Waals surface area contributed by atoms with Crippen molar-refractivity contribution < 1.29 is 9.50 Å². The molecule has 0 heterocycles. The van der Waals surface area contributed by atoms with E-state index in [1.807, 2.05) is 0 Å². The van der Waals surface area contributed by atoms with E-state index in [0.717, 1.165) is 0 Å². The number of hydrogen-bond donors (Lipinski definition) is 1. The molecular weight excluding hydrogens is 95.1 g/mol. The van der Waals surface area contributed by atoms with Crippen LogP contribution in [0.3, 0.4) is 0 Å². The molecule has 0 aliphatic carbocycles. The maximum absolute atomic E-state index is 11.3. The van der Waals surface area contributed by atoms with Crippen molar-refractivity contribution in [2.75, 3.05) is 6.67 Å². The molecule has 0 aliphatic heterocycles. The van der Waals surface area contributed by atoms with Crippen LogP contribution in [0, 0.1) is 0 Å². The summed E-state index contributed by atoms with van der Waals surface area (Å²) in [4.78, 5) is 0. The van der Waals surface area contributed by atoms with Gasteiger partial charge >= 0.3 is 0 Å². The average Bonchev–Trinajstić information content (AvgIpc) is 1.65.